The normalized spacial score (nSPS) is 34.1. The molecule has 0 aromatic carbocycles. The third-order valence-electron chi connectivity index (χ3n) is 5.64. The van der Waals surface area contributed by atoms with Crippen LogP contribution in [0, 0.1) is 17.3 Å². The number of aliphatic carboxylic acids is 1. The summed E-state index contributed by atoms with van der Waals surface area (Å²) in [4.78, 5) is 25.6. The van der Waals surface area contributed by atoms with E-state index in [2.05, 4.69) is 0 Å². The van der Waals surface area contributed by atoms with Crippen LogP contribution in [0.3, 0.4) is 0 Å². The Kier molecular flexibility index (Phi) is 3.27. The summed E-state index contributed by atoms with van der Waals surface area (Å²) in [5, 5.41) is 9.50. The molecule has 1 N–H and O–H groups in total. The van der Waals surface area contributed by atoms with Crippen molar-refractivity contribution in [1.29, 1.82) is 0 Å². The molecule has 106 valence electrons. The number of carboxylic acid groups (broad SMARTS) is 1. The molecule has 0 bridgehead atoms. The first-order valence-corrected chi connectivity index (χ1v) is 7.63. The molecule has 4 nitrogen and oxygen atoms in total. The van der Waals surface area contributed by atoms with E-state index < -0.39 is 11.4 Å². The van der Waals surface area contributed by atoms with Gasteiger partial charge in [-0.3, -0.25) is 9.59 Å². The van der Waals surface area contributed by atoms with Crippen molar-refractivity contribution in [3.05, 3.63) is 0 Å². The summed E-state index contributed by atoms with van der Waals surface area (Å²) in [6.45, 7) is 1.13. The van der Waals surface area contributed by atoms with Crippen LogP contribution in [0.4, 0.5) is 0 Å². The molecule has 3 rings (SSSR count). The monoisotopic (exact) mass is 265 g/mol. The highest BCUT2D eigenvalue weighted by molar-refractivity contribution is 5.81. The first-order valence-electron chi connectivity index (χ1n) is 7.63. The zero-order valence-corrected chi connectivity index (χ0v) is 11.4. The van der Waals surface area contributed by atoms with E-state index in [1.807, 2.05) is 4.90 Å². The van der Waals surface area contributed by atoms with Crippen molar-refractivity contribution >= 4 is 11.9 Å². The number of amides is 1. The fourth-order valence-corrected chi connectivity index (χ4v) is 4.10. The maximum absolute atomic E-state index is 12.2. The number of fused-ring (bicyclic) bond motifs is 1. The van der Waals surface area contributed by atoms with E-state index in [0.29, 0.717) is 19.5 Å². The highest BCUT2D eigenvalue weighted by atomic mass is 16.4. The van der Waals surface area contributed by atoms with Crippen LogP contribution in [0.5, 0.6) is 0 Å². The summed E-state index contributed by atoms with van der Waals surface area (Å²) in [5.41, 5.74) is -0.619. The third kappa shape index (κ3) is 2.15. The zero-order valence-electron chi connectivity index (χ0n) is 11.4. The van der Waals surface area contributed by atoms with Crippen LogP contribution >= 0.6 is 0 Å². The standard InChI is InChI=1S/C15H23NO3/c17-13(7-6-11-3-1-4-11)16-9-12-5-2-8-15(12,10-16)14(18)19/h11-12H,1-10H2,(H,18,19)/t12-,15+/m0/s1. The Labute approximate surface area is 114 Å². The summed E-state index contributed by atoms with van der Waals surface area (Å²) in [7, 11) is 0. The van der Waals surface area contributed by atoms with E-state index in [4.69, 9.17) is 0 Å². The molecule has 1 aliphatic heterocycles. The van der Waals surface area contributed by atoms with Crippen LogP contribution in [0.15, 0.2) is 0 Å². The maximum atomic E-state index is 12.2. The van der Waals surface area contributed by atoms with Gasteiger partial charge in [0.25, 0.3) is 0 Å². The SMILES string of the molecule is O=C(CCC1CCC1)N1C[C@@H]2CCC[C@@]2(C(=O)O)C1. The number of hydrogen-bond donors (Lipinski definition) is 1. The van der Waals surface area contributed by atoms with E-state index in [1.54, 1.807) is 0 Å². The number of carboxylic acids is 1. The Balaban J connectivity index is 1.58. The molecule has 1 heterocycles. The number of likely N-dealkylation sites (tertiary alicyclic amines) is 1. The maximum Gasteiger partial charge on any atom is 0.311 e. The second-order valence-electron chi connectivity index (χ2n) is 6.66. The van der Waals surface area contributed by atoms with Gasteiger partial charge in [0.2, 0.25) is 5.91 Å². The average molecular weight is 265 g/mol. The number of carbonyl (C=O) groups is 2. The van der Waals surface area contributed by atoms with E-state index in [0.717, 1.165) is 31.6 Å². The molecule has 1 amide bonds. The van der Waals surface area contributed by atoms with Gasteiger partial charge in [0.15, 0.2) is 0 Å². The lowest BCUT2D eigenvalue weighted by Gasteiger charge is -2.26. The Morgan fingerprint density at radius 1 is 1.21 bits per heavy atom. The van der Waals surface area contributed by atoms with Gasteiger partial charge in [-0.05, 0) is 31.1 Å². The minimum atomic E-state index is -0.690. The molecule has 4 heteroatoms. The molecule has 2 atom stereocenters. The molecule has 2 aliphatic carbocycles. The fraction of sp³-hybridized carbons (Fsp3) is 0.867. The van der Waals surface area contributed by atoms with Crippen molar-refractivity contribution in [1.82, 2.24) is 4.90 Å². The van der Waals surface area contributed by atoms with Crippen molar-refractivity contribution < 1.29 is 14.7 Å². The Morgan fingerprint density at radius 2 is 2.00 bits per heavy atom. The largest absolute Gasteiger partial charge is 0.481 e. The molecule has 1 saturated heterocycles. The molecule has 19 heavy (non-hydrogen) atoms. The summed E-state index contributed by atoms with van der Waals surface area (Å²) in [5.74, 6) is 0.434. The van der Waals surface area contributed by atoms with Gasteiger partial charge in [0, 0.05) is 19.5 Å². The Morgan fingerprint density at radius 3 is 2.58 bits per heavy atom. The van der Waals surface area contributed by atoms with Crippen LogP contribution < -0.4 is 0 Å². The van der Waals surface area contributed by atoms with Crippen LogP contribution in [-0.4, -0.2) is 35.0 Å². The first-order chi connectivity index (χ1) is 9.12. The van der Waals surface area contributed by atoms with E-state index >= 15 is 0 Å². The molecule has 3 fully saturated rings. The van der Waals surface area contributed by atoms with Crippen molar-refractivity contribution in [2.24, 2.45) is 17.3 Å². The molecule has 0 aromatic heterocycles. The van der Waals surface area contributed by atoms with Crippen LogP contribution in [0.2, 0.25) is 0 Å². The first kappa shape index (κ1) is 12.9. The van der Waals surface area contributed by atoms with Gasteiger partial charge >= 0.3 is 5.97 Å². The van der Waals surface area contributed by atoms with Crippen molar-refractivity contribution in [3.63, 3.8) is 0 Å². The minimum Gasteiger partial charge on any atom is -0.481 e. The van der Waals surface area contributed by atoms with Gasteiger partial charge in [-0.1, -0.05) is 25.7 Å². The van der Waals surface area contributed by atoms with Crippen LogP contribution in [0.1, 0.15) is 51.4 Å². The summed E-state index contributed by atoms with van der Waals surface area (Å²) in [6, 6.07) is 0. The van der Waals surface area contributed by atoms with Crippen molar-refractivity contribution in [2.75, 3.05) is 13.1 Å². The van der Waals surface area contributed by atoms with Gasteiger partial charge in [-0.15, -0.1) is 0 Å². The lowest BCUT2D eigenvalue weighted by atomic mass is 9.81. The predicted molar refractivity (Wildman–Crippen MR) is 70.6 cm³/mol. The topological polar surface area (TPSA) is 57.6 Å². The predicted octanol–water partition coefficient (Wildman–Crippen LogP) is 2.28. The molecule has 3 aliphatic rings. The number of rotatable bonds is 4. The molecule has 0 unspecified atom stereocenters. The van der Waals surface area contributed by atoms with Crippen LogP contribution in [0.25, 0.3) is 0 Å². The molecule has 0 radical (unpaired) electrons. The smallest absolute Gasteiger partial charge is 0.311 e. The van der Waals surface area contributed by atoms with E-state index in [1.165, 1.54) is 19.3 Å². The van der Waals surface area contributed by atoms with Gasteiger partial charge in [0.05, 0.1) is 5.41 Å². The molecule has 0 spiro atoms. The molecular formula is C15H23NO3. The molecular weight excluding hydrogens is 242 g/mol. The van der Waals surface area contributed by atoms with Gasteiger partial charge in [0.1, 0.15) is 0 Å². The Hall–Kier alpha value is -1.06. The number of carbonyl (C=O) groups excluding carboxylic acids is 1. The van der Waals surface area contributed by atoms with E-state index in [9.17, 15) is 14.7 Å². The second-order valence-corrected chi connectivity index (χ2v) is 6.66. The van der Waals surface area contributed by atoms with Gasteiger partial charge in [-0.2, -0.15) is 0 Å². The summed E-state index contributed by atoms with van der Waals surface area (Å²) in [6.07, 6.45) is 8.20. The van der Waals surface area contributed by atoms with Crippen molar-refractivity contribution in [2.45, 2.75) is 51.4 Å². The van der Waals surface area contributed by atoms with Gasteiger partial charge < -0.3 is 10.0 Å². The highest BCUT2D eigenvalue weighted by Crippen LogP contribution is 2.49. The minimum absolute atomic E-state index is 0.182. The fourth-order valence-electron chi connectivity index (χ4n) is 4.10. The number of hydrogen-bond acceptors (Lipinski definition) is 2. The quantitative estimate of drug-likeness (QED) is 0.848. The van der Waals surface area contributed by atoms with E-state index in [-0.39, 0.29) is 11.8 Å². The lowest BCUT2D eigenvalue weighted by molar-refractivity contribution is -0.149. The highest BCUT2D eigenvalue weighted by Gasteiger charge is 2.55. The molecule has 0 aromatic rings. The second kappa shape index (κ2) is 4.80. The summed E-state index contributed by atoms with van der Waals surface area (Å²) < 4.78 is 0. The summed E-state index contributed by atoms with van der Waals surface area (Å²) >= 11 is 0. The average Bonchev–Trinajstić information content (AvgIpc) is 2.83. The number of nitrogens with zero attached hydrogens (tertiary/aromatic N) is 1. The Bertz CT molecular complexity index is 391. The molecule has 2 saturated carbocycles. The van der Waals surface area contributed by atoms with Crippen LogP contribution in [-0.2, 0) is 9.59 Å². The lowest BCUT2D eigenvalue weighted by Crippen LogP contribution is -2.37. The third-order valence-corrected chi connectivity index (χ3v) is 5.64. The van der Waals surface area contributed by atoms with Gasteiger partial charge in [-0.25, -0.2) is 0 Å². The zero-order chi connectivity index (χ0) is 13.5. The van der Waals surface area contributed by atoms with Crippen molar-refractivity contribution in [3.8, 4) is 0 Å².